The Kier molecular flexibility index (Phi) is 8.15. The van der Waals surface area contributed by atoms with Crippen LogP contribution in [0.2, 0.25) is 0 Å². The first-order valence-electron chi connectivity index (χ1n) is 10.8. The van der Waals surface area contributed by atoms with Gasteiger partial charge in [0.05, 0.1) is 7.11 Å². The van der Waals surface area contributed by atoms with Gasteiger partial charge < -0.3 is 24.6 Å². The Balaban J connectivity index is 1.51. The van der Waals surface area contributed by atoms with Crippen molar-refractivity contribution in [2.45, 2.75) is 20.3 Å². The number of amides is 1. The summed E-state index contributed by atoms with van der Waals surface area (Å²) in [6.07, 6.45) is 0.852. The highest BCUT2D eigenvalue weighted by Gasteiger charge is 2.20. The van der Waals surface area contributed by atoms with Crippen LogP contribution in [-0.2, 0) is 11.2 Å². The van der Waals surface area contributed by atoms with E-state index in [4.69, 9.17) is 14.5 Å². The van der Waals surface area contributed by atoms with Crippen molar-refractivity contribution in [1.82, 2.24) is 15.1 Å². The standard InChI is InChI=1S/C24H32N4O3/c1-4-25-24(28-17-15-27(16-18-28)19(2)29)26-14-13-20-5-7-22(8-6-20)31-23-11-9-21(30-3)10-12-23/h5-12H,4,13-18H2,1-3H3,(H,25,26). The number of nitrogens with zero attached hydrogens (tertiary/aromatic N) is 3. The minimum atomic E-state index is 0.140. The average molecular weight is 425 g/mol. The minimum absolute atomic E-state index is 0.140. The molecule has 0 saturated carbocycles. The third-order valence-corrected chi connectivity index (χ3v) is 5.24. The van der Waals surface area contributed by atoms with Crippen LogP contribution < -0.4 is 14.8 Å². The summed E-state index contributed by atoms with van der Waals surface area (Å²) in [7, 11) is 1.65. The van der Waals surface area contributed by atoms with Crippen molar-refractivity contribution in [2.24, 2.45) is 4.99 Å². The highest BCUT2D eigenvalue weighted by molar-refractivity contribution is 5.80. The Bertz CT molecular complexity index is 857. The smallest absolute Gasteiger partial charge is 0.219 e. The molecule has 1 heterocycles. The Morgan fingerprint density at radius 3 is 2.03 bits per heavy atom. The summed E-state index contributed by atoms with van der Waals surface area (Å²) in [4.78, 5) is 20.4. The number of benzene rings is 2. The van der Waals surface area contributed by atoms with Gasteiger partial charge in [-0.2, -0.15) is 0 Å². The molecule has 1 saturated heterocycles. The van der Waals surface area contributed by atoms with Crippen LogP contribution in [0.25, 0.3) is 0 Å². The first-order valence-corrected chi connectivity index (χ1v) is 10.8. The van der Waals surface area contributed by atoms with Crippen molar-refractivity contribution in [3.05, 3.63) is 54.1 Å². The van der Waals surface area contributed by atoms with E-state index in [1.165, 1.54) is 5.56 Å². The van der Waals surface area contributed by atoms with E-state index in [2.05, 4.69) is 29.3 Å². The third kappa shape index (κ3) is 6.64. The number of ether oxygens (including phenoxy) is 2. The highest BCUT2D eigenvalue weighted by Crippen LogP contribution is 2.24. The molecule has 0 aliphatic carbocycles. The molecule has 0 bridgehead atoms. The van der Waals surface area contributed by atoms with Crippen LogP contribution in [-0.4, -0.2) is 68.0 Å². The summed E-state index contributed by atoms with van der Waals surface area (Å²) in [6, 6.07) is 15.7. The second kappa shape index (κ2) is 11.2. The van der Waals surface area contributed by atoms with E-state index >= 15 is 0 Å². The second-order valence-corrected chi connectivity index (χ2v) is 7.40. The van der Waals surface area contributed by atoms with Gasteiger partial charge in [0.1, 0.15) is 17.2 Å². The van der Waals surface area contributed by atoms with E-state index in [-0.39, 0.29) is 5.91 Å². The van der Waals surface area contributed by atoms with Gasteiger partial charge in [0.15, 0.2) is 5.96 Å². The van der Waals surface area contributed by atoms with Gasteiger partial charge in [-0.3, -0.25) is 9.79 Å². The molecule has 7 nitrogen and oxygen atoms in total. The van der Waals surface area contributed by atoms with Crippen molar-refractivity contribution < 1.29 is 14.3 Å². The van der Waals surface area contributed by atoms with Crippen LogP contribution in [0.3, 0.4) is 0 Å². The largest absolute Gasteiger partial charge is 0.497 e. The van der Waals surface area contributed by atoms with Crippen LogP contribution in [0.4, 0.5) is 0 Å². The summed E-state index contributed by atoms with van der Waals surface area (Å²) < 4.78 is 11.1. The van der Waals surface area contributed by atoms with Crippen LogP contribution in [0.15, 0.2) is 53.5 Å². The second-order valence-electron chi connectivity index (χ2n) is 7.40. The Labute approximate surface area is 184 Å². The molecule has 0 aromatic heterocycles. The number of hydrogen-bond donors (Lipinski definition) is 1. The molecule has 1 fully saturated rings. The Hall–Kier alpha value is -3.22. The summed E-state index contributed by atoms with van der Waals surface area (Å²) in [5.74, 6) is 3.44. The molecule has 1 N–H and O–H groups in total. The van der Waals surface area contributed by atoms with Gasteiger partial charge in [-0.05, 0) is 55.3 Å². The summed E-state index contributed by atoms with van der Waals surface area (Å²) in [6.45, 7) is 8.33. The fourth-order valence-corrected chi connectivity index (χ4v) is 3.45. The fourth-order valence-electron chi connectivity index (χ4n) is 3.45. The molecular formula is C24H32N4O3. The fraction of sp³-hybridized carbons (Fsp3) is 0.417. The van der Waals surface area contributed by atoms with Gasteiger partial charge in [0, 0.05) is 46.2 Å². The Morgan fingerprint density at radius 2 is 1.48 bits per heavy atom. The van der Waals surface area contributed by atoms with Gasteiger partial charge >= 0.3 is 0 Å². The molecule has 31 heavy (non-hydrogen) atoms. The van der Waals surface area contributed by atoms with Gasteiger partial charge in [0.25, 0.3) is 0 Å². The lowest BCUT2D eigenvalue weighted by atomic mass is 10.1. The quantitative estimate of drug-likeness (QED) is 0.546. The number of piperazine rings is 1. The van der Waals surface area contributed by atoms with E-state index in [0.29, 0.717) is 6.54 Å². The summed E-state index contributed by atoms with van der Waals surface area (Å²) >= 11 is 0. The van der Waals surface area contributed by atoms with Gasteiger partial charge in [0.2, 0.25) is 5.91 Å². The number of rotatable bonds is 7. The SMILES string of the molecule is CCNC(=NCCc1ccc(Oc2ccc(OC)cc2)cc1)N1CCN(C(C)=O)CC1. The maximum Gasteiger partial charge on any atom is 0.219 e. The number of aliphatic imine (C=N–C) groups is 1. The van der Waals surface area contributed by atoms with Gasteiger partial charge in [-0.1, -0.05) is 12.1 Å². The minimum Gasteiger partial charge on any atom is -0.497 e. The number of carbonyl (C=O) groups excluding carboxylic acids is 1. The monoisotopic (exact) mass is 424 g/mol. The van der Waals surface area contributed by atoms with Crippen molar-refractivity contribution in [3.63, 3.8) is 0 Å². The normalized spacial score (nSPS) is 14.4. The van der Waals surface area contributed by atoms with Crippen molar-refractivity contribution in [2.75, 3.05) is 46.4 Å². The van der Waals surface area contributed by atoms with E-state index < -0.39 is 0 Å². The first kappa shape index (κ1) is 22.5. The highest BCUT2D eigenvalue weighted by atomic mass is 16.5. The lowest BCUT2D eigenvalue weighted by Crippen LogP contribution is -2.53. The predicted octanol–water partition coefficient (Wildman–Crippen LogP) is 3.16. The predicted molar refractivity (Wildman–Crippen MR) is 123 cm³/mol. The molecule has 2 aromatic carbocycles. The van der Waals surface area contributed by atoms with Crippen molar-refractivity contribution in [3.8, 4) is 17.2 Å². The molecule has 1 amide bonds. The van der Waals surface area contributed by atoms with Crippen molar-refractivity contribution in [1.29, 1.82) is 0 Å². The molecule has 3 rings (SSSR count). The summed E-state index contributed by atoms with van der Waals surface area (Å²) in [5.41, 5.74) is 1.21. The molecule has 0 spiro atoms. The van der Waals surface area contributed by atoms with E-state index in [0.717, 1.165) is 62.4 Å². The zero-order valence-electron chi connectivity index (χ0n) is 18.6. The first-order chi connectivity index (χ1) is 15.1. The van der Waals surface area contributed by atoms with Gasteiger partial charge in [-0.25, -0.2) is 0 Å². The summed E-state index contributed by atoms with van der Waals surface area (Å²) in [5, 5.41) is 3.37. The van der Waals surface area contributed by atoms with Crippen LogP contribution in [0, 0.1) is 0 Å². The topological polar surface area (TPSA) is 66.4 Å². The molecule has 0 atom stereocenters. The van der Waals surface area contributed by atoms with Crippen LogP contribution in [0.1, 0.15) is 19.4 Å². The average Bonchev–Trinajstić information content (AvgIpc) is 2.80. The molecule has 1 aliphatic rings. The van der Waals surface area contributed by atoms with Crippen LogP contribution >= 0.6 is 0 Å². The maximum atomic E-state index is 11.5. The van der Waals surface area contributed by atoms with Crippen LogP contribution in [0.5, 0.6) is 17.2 Å². The lowest BCUT2D eigenvalue weighted by Gasteiger charge is -2.36. The molecule has 0 unspecified atom stereocenters. The van der Waals surface area contributed by atoms with E-state index in [1.54, 1.807) is 14.0 Å². The zero-order valence-corrected chi connectivity index (χ0v) is 18.6. The molecule has 7 heteroatoms. The molecule has 0 radical (unpaired) electrons. The maximum absolute atomic E-state index is 11.5. The number of hydrogen-bond acceptors (Lipinski definition) is 4. The van der Waals surface area contributed by atoms with Gasteiger partial charge in [-0.15, -0.1) is 0 Å². The number of nitrogens with one attached hydrogen (secondary N) is 1. The van der Waals surface area contributed by atoms with Crippen molar-refractivity contribution >= 4 is 11.9 Å². The Morgan fingerprint density at radius 1 is 0.935 bits per heavy atom. The zero-order chi connectivity index (χ0) is 22.1. The van der Waals surface area contributed by atoms with E-state index in [9.17, 15) is 4.79 Å². The molecule has 166 valence electrons. The molecule has 2 aromatic rings. The molecule has 1 aliphatic heterocycles. The van der Waals surface area contributed by atoms with E-state index in [1.807, 2.05) is 41.3 Å². The number of methoxy groups -OCH3 is 1. The molecular weight excluding hydrogens is 392 g/mol. The number of carbonyl (C=O) groups is 1. The third-order valence-electron chi connectivity index (χ3n) is 5.24. The lowest BCUT2D eigenvalue weighted by molar-refractivity contribution is -0.130. The number of guanidine groups is 1.